The molecule has 2 aromatic rings. The van der Waals surface area contributed by atoms with Crippen LogP contribution in [0, 0.1) is 5.41 Å². The number of nitrogens with zero attached hydrogens (tertiary/aromatic N) is 2. The fourth-order valence-electron chi connectivity index (χ4n) is 4.35. The summed E-state index contributed by atoms with van der Waals surface area (Å²) in [5, 5.41) is 5.80. The van der Waals surface area contributed by atoms with Crippen molar-refractivity contribution >= 4 is 22.2 Å². The molecule has 0 bridgehead atoms. The van der Waals surface area contributed by atoms with Crippen molar-refractivity contribution in [2.75, 3.05) is 13.7 Å². The summed E-state index contributed by atoms with van der Waals surface area (Å²) in [5.41, 5.74) is 1.08. The summed E-state index contributed by atoms with van der Waals surface area (Å²) >= 11 is 0. The fraction of sp³-hybridized carbons (Fsp3) is 0.524. The third-order valence-electron chi connectivity index (χ3n) is 6.26. The number of ether oxygens (including phenoxy) is 2. The number of methoxy groups -OCH3 is 1. The Bertz CT molecular complexity index is 865. The number of nitrogens with one attached hydrogen (secondary N) is 1. The molecule has 0 radical (unpaired) electrons. The average molecular weight is 353 g/mol. The highest BCUT2D eigenvalue weighted by Crippen LogP contribution is 2.50. The first kappa shape index (κ1) is 17.4. The van der Waals surface area contributed by atoms with Crippen LogP contribution in [-0.4, -0.2) is 36.2 Å². The van der Waals surface area contributed by atoms with E-state index >= 15 is 0 Å². The van der Waals surface area contributed by atoms with E-state index in [9.17, 15) is 0 Å². The standard InChI is InChI=1S/C21H27N3O2/c1-5-20(3)10-6-11-23-21(20)19(14(2)25-4)24-18-16-13-22-12-9-15(16)7-8-17(18)26-21/h7-9,12-14,23H,5-6,10-11H2,1-4H3. The average Bonchev–Trinajstić information content (AvgIpc) is 2.69. The lowest BCUT2D eigenvalue weighted by atomic mass is 9.67. The minimum Gasteiger partial charge on any atom is -0.464 e. The van der Waals surface area contributed by atoms with E-state index in [1.54, 1.807) is 13.3 Å². The van der Waals surface area contributed by atoms with Gasteiger partial charge in [0.05, 0.1) is 6.10 Å². The predicted octanol–water partition coefficient (Wildman–Crippen LogP) is 4.23. The Morgan fingerprint density at radius 2 is 2.19 bits per heavy atom. The van der Waals surface area contributed by atoms with Crippen LogP contribution in [0.1, 0.15) is 40.0 Å². The van der Waals surface area contributed by atoms with Crippen LogP contribution < -0.4 is 10.1 Å². The van der Waals surface area contributed by atoms with E-state index in [2.05, 4.69) is 30.2 Å². The maximum Gasteiger partial charge on any atom is 0.208 e. The maximum atomic E-state index is 6.76. The van der Waals surface area contributed by atoms with Gasteiger partial charge in [0.15, 0.2) is 0 Å². The number of piperidine rings is 1. The van der Waals surface area contributed by atoms with Gasteiger partial charge < -0.3 is 9.47 Å². The molecule has 5 heteroatoms. The minimum absolute atomic E-state index is 0.0571. The number of pyridine rings is 1. The van der Waals surface area contributed by atoms with Crippen LogP contribution in [0.2, 0.25) is 0 Å². The zero-order valence-corrected chi connectivity index (χ0v) is 16.0. The Morgan fingerprint density at radius 3 is 2.96 bits per heavy atom. The Kier molecular flexibility index (Phi) is 4.24. The molecule has 1 spiro atoms. The first-order valence-electron chi connectivity index (χ1n) is 9.47. The van der Waals surface area contributed by atoms with Crippen LogP contribution in [-0.2, 0) is 4.74 Å². The van der Waals surface area contributed by atoms with Crippen molar-refractivity contribution in [1.82, 2.24) is 10.3 Å². The molecule has 3 atom stereocenters. The number of rotatable bonds is 3. The third-order valence-corrected chi connectivity index (χ3v) is 6.26. The number of aromatic nitrogens is 1. The molecular weight excluding hydrogens is 326 g/mol. The van der Waals surface area contributed by atoms with Gasteiger partial charge in [-0.15, -0.1) is 0 Å². The molecule has 1 fully saturated rings. The van der Waals surface area contributed by atoms with E-state index < -0.39 is 5.72 Å². The maximum absolute atomic E-state index is 6.76. The smallest absolute Gasteiger partial charge is 0.208 e. The van der Waals surface area contributed by atoms with Gasteiger partial charge in [-0.2, -0.15) is 0 Å². The van der Waals surface area contributed by atoms with Crippen LogP contribution in [0.4, 0.5) is 5.69 Å². The van der Waals surface area contributed by atoms with Crippen molar-refractivity contribution < 1.29 is 9.47 Å². The summed E-state index contributed by atoms with van der Waals surface area (Å²) in [6.07, 6.45) is 6.75. The van der Waals surface area contributed by atoms with Gasteiger partial charge in [-0.3, -0.25) is 10.3 Å². The Balaban J connectivity index is 1.97. The first-order chi connectivity index (χ1) is 12.5. The van der Waals surface area contributed by atoms with E-state index in [4.69, 9.17) is 14.5 Å². The summed E-state index contributed by atoms with van der Waals surface area (Å²) in [7, 11) is 1.73. The second kappa shape index (κ2) is 6.32. The van der Waals surface area contributed by atoms with Gasteiger partial charge >= 0.3 is 0 Å². The SMILES string of the molecule is CCC1(C)CCCNC12Oc1ccc3ccncc3c1N=C2C(C)OC. The molecule has 1 N–H and O–H groups in total. The highest BCUT2D eigenvalue weighted by molar-refractivity contribution is 6.05. The highest BCUT2D eigenvalue weighted by Gasteiger charge is 2.57. The summed E-state index contributed by atoms with van der Waals surface area (Å²) in [5.74, 6) is 0.812. The van der Waals surface area contributed by atoms with Crippen LogP contribution in [0.3, 0.4) is 0 Å². The normalized spacial score (nSPS) is 29.2. The lowest BCUT2D eigenvalue weighted by Gasteiger charge is -2.54. The van der Waals surface area contributed by atoms with Crippen molar-refractivity contribution in [2.24, 2.45) is 10.4 Å². The van der Waals surface area contributed by atoms with Crippen molar-refractivity contribution in [1.29, 1.82) is 0 Å². The molecule has 2 aliphatic heterocycles. The van der Waals surface area contributed by atoms with Gasteiger partial charge in [-0.1, -0.05) is 19.9 Å². The molecule has 1 aromatic heterocycles. The van der Waals surface area contributed by atoms with Crippen LogP contribution in [0.5, 0.6) is 5.75 Å². The molecule has 3 unspecified atom stereocenters. The van der Waals surface area contributed by atoms with Crippen molar-refractivity contribution in [3.63, 3.8) is 0 Å². The van der Waals surface area contributed by atoms with Gasteiger partial charge in [0.2, 0.25) is 5.72 Å². The minimum atomic E-state index is -0.641. The van der Waals surface area contributed by atoms with Crippen LogP contribution in [0.25, 0.3) is 10.8 Å². The first-order valence-corrected chi connectivity index (χ1v) is 9.47. The molecule has 0 saturated carbocycles. The Morgan fingerprint density at radius 1 is 1.35 bits per heavy atom. The number of fused-ring (bicyclic) bond motifs is 3. The van der Waals surface area contributed by atoms with Crippen molar-refractivity contribution in [2.45, 2.75) is 51.9 Å². The molecule has 26 heavy (non-hydrogen) atoms. The summed E-state index contributed by atoms with van der Waals surface area (Å²) in [6.45, 7) is 7.48. The van der Waals surface area contributed by atoms with E-state index in [0.29, 0.717) is 0 Å². The van der Waals surface area contributed by atoms with Gasteiger partial charge in [0, 0.05) is 30.3 Å². The molecule has 2 aliphatic rings. The Labute approximate surface area is 154 Å². The highest BCUT2D eigenvalue weighted by atomic mass is 16.5. The zero-order chi connectivity index (χ0) is 18.4. The molecule has 0 amide bonds. The van der Waals surface area contributed by atoms with Crippen LogP contribution in [0.15, 0.2) is 35.6 Å². The molecule has 3 heterocycles. The Hall–Kier alpha value is -1.98. The molecule has 0 aliphatic carbocycles. The summed E-state index contributed by atoms with van der Waals surface area (Å²) in [4.78, 5) is 9.42. The molecular formula is C21H27N3O2. The lowest BCUT2D eigenvalue weighted by molar-refractivity contribution is -0.0588. The van der Waals surface area contributed by atoms with Gasteiger partial charge in [0.1, 0.15) is 17.1 Å². The largest absolute Gasteiger partial charge is 0.464 e. The third kappa shape index (κ3) is 2.37. The van der Waals surface area contributed by atoms with E-state index in [0.717, 1.165) is 53.7 Å². The monoisotopic (exact) mass is 353 g/mol. The molecule has 1 aromatic carbocycles. The number of benzene rings is 1. The molecule has 4 rings (SSSR count). The van der Waals surface area contributed by atoms with E-state index in [-0.39, 0.29) is 11.5 Å². The predicted molar refractivity (Wildman–Crippen MR) is 104 cm³/mol. The quantitative estimate of drug-likeness (QED) is 0.897. The van der Waals surface area contributed by atoms with Crippen LogP contribution >= 0.6 is 0 Å². The van der Waals surface area contributed by atoms with Gasteiger partial charge in [-0.25, -0.2) is 4.99 Å². The summed E-state index contributed by atoms with van der Waals surface area (Å²) in [6, 6.07) is 6.11. The number of aliphatic imine (C=N–C) groups is 1. The second-order valence-electron chi connectivity index (χ2n) is 7.61. The fourth-order valence-corrected chi connectivity index (χ4v) is 4.35. The van der Waals surface area contributed by atoms with Crippen molar-refractivity contribution in [3.05, 3.63) is 30.6 Å². The zero-order valence-electron chi connectivity index (χ0n) is 16.0. The van der Waals surface area contributed by atoms with Crippen molar-refractivity contribution in [3.8, 4) is 5.75 Å². The number of hydrogen-bond acceptors (Lipinski definition) is 5. The summed E-state index contributed by atoms with van der Waals surface area (Å²) < 4.78 is 12.5. The van der Waals surface area contributed by atoms with Gasteiger partial charge in [-0.05, 0) is 50.2 Å². The van der Waals surface area contributed by atoms with E-state index in [1.165, 1.54) is 0 Å². The topological polar surface area (TPSA) is 55.7 Å². The van der Waals surface area contributed by atoms with E-state index in [1.807, 2.05) is 25.3 Å². The molecule has 138 valence electrons. The molecule has 1 saturated heterocycles. The van der Waals surface area contributed by atoms with Gasteiger partial charge in [0.25, 0.3) is 0 Å². The lowest BCUT2D eigenvalue weighted by Crippen LogP contribution is -2.71. The molecule has 5 nitrogen and oxygen atoms in total. The number of hydrogen-bond donors (Lipinski definition) is 1. The second-order valence-corrected chi connectivity index (χ2v) is 7.61.